The molecule has 2 N–H and O–H groups in total. The number of hydrogen-bond acceptors (Lipinski definition) is 3. The summed E-state index contributed by atoms with van der Waals surface area (Å²) in [6.07, 6.45) is 0. The van der Waals surface area contributed by atoms with Crippen molar-refractivity contribution in [1.82, 2.24) is 0 Å². The Balaban J connectivity index is 2.46. The highest BCUT2D eigenvalue weighted by Crippen LogP contribution is 2.33. The van der Waals surface area contributed by atoms with Crippen molar-refractivity contribution in [2.75, 3.05) is 23.8 Å². The lowest BCUT2D eigenvalue weighted by molar-refractivity contribution is -0.116. The number of benzene rings is 1. The average molecular weight is 192 g/mol. The van der Waals surface area contributed by atoms with E-state index in [-0.39, 0.29) is 5.91 Å². The molecule has 0 unspecified atom stereocenters. The molecule has 14 heavy (non-hydrogen) atoms. The second-order valence-corrected chi connectivity index (χ2v) is 3.25. The summed E-state index contributed by atoms with van der Waals surface area (Å²) in [4.78, 5) is 13.0. The van der Waals surface area contributed by atoms with Crippen molar-refractivity contribution >= 4 is 17.3 Å². The first-order valence-electron chi connectivity index (χ1n) is 4.49. The number of carbonyl (C=O) groups is 1. The highest BCUT2D eigenvalue weighted by molar-refractivity contribution is 5.94. The zero-order chi connectivity index (χ0) is 10.1. The van der Waals surface area contributed by atoms with E-state index in [4.69, 9.17) is 10.5 Å². The molecule has 1 aliphatic rings. The van der Waals surface area contributed by atoms with Crippen LogP contribution in [0.5, 0.6) is 5.75 Å². The minimum absolute atomic E-state index is 0.0140. The van der Waals surface area contributed by atoms with Crippen LogP contribution in [-0.4, -0.2) is 19.1 Å². The van der Waals surface area contributed by atoms with Crippen molar-refractivity contribution in [2.24, 2.45) is 0 Å². The average Bonchev–Trinajstić information content (AvgIpc) is 2.16. The molecule has 0 fully saturated rings. The molecule has 0 bridgehead atoms. The predicted molar refractivity (Wildman–Crippen MR) is 54.4 cm³/mol. The summed E-state index contributed by atoms with van der Waals surface area (Å²) in [5.41, 5.74) is 7.06. The van der Waals surface area contributed by atoms with Crippen LogP contribution < -0.4 is 15.4 Å². The predicted octanol–water partition coefficient (Wildman–Crippen LogP) is 1.01. The number of ether oxygens (including phenoxy) is 1. The van der Waals surface area contributed by atoms with Gasteiger partial charge in [-0.1, -0.05) is 0 Å². The topological polar surface area (TPSA) is 55.6 Å². The molecule has 4 heteroatoms. The lowest BCUT2D eigenvalue weighted by atomic mass is 10.2. The van der Waals surface area contributed by atoms with E-state index in [0.717, 1.165) is 11.4 Å². The smallest absolute Gasteiger partial charge is 0.224 e. The number of hydrogen-bond donors (Lipinski definition) is 1. The minimum atomic E-state index is 0.0140. The number of nitrogens with zero attached hydrogens (tertiary/aromatic N) is 1. The monoisotopic (exact) mass is 192 g/mol. The van der Waals surface area contributed by atoms with Crippen molar-refractivity contribution in [3.05, 3.63) is 18.2 Å². The van der Waals surface area contributed by atoms with Gasteiger partial charge in [0, 0.05) is 12.6 Å². The van der Waals surface area contributed by atoms with E-state index >= 15 is 0 Å². The maximum absolute atomic E-state index is 11.3. The molecule has 1 heterocycles. The fourth-order valence-electron chi connectivity index (χ4n) is 1.56. The van der Waals surface area contributed by atoms with E-state index in [2.05, 4.69) is 0 Å². The Morgan fingerprint density at radius 1 is 1.57 bits per heavy atom. The highest BCUT2D eigenvalue weighted by atomic mass is 16.5. The van der Waals surface area contributed by atoms with Gasteiger partial charge in [0.1, 0.15) is 12.4 Å². The van der Waals surface area contributed by atoms with E-state index in [0.29, 0.717) is 18.8 Å². The van der Waals surface area contributed by atoms with E-state index in [1.165, 1.54) is 6.92 Å². The van der Waals surface area contributed by atoms with Gasteiger partial charge in [0.05, 0.1) is 12.2 Å². The Labute approximate surface area is 82.3 Å². The van der Waals surface area contributed by atoms with Gasteiger partial charge in [0.25, 0.3) is 0 Å². The quantitative estimate of drug-likeness (QED) is 0.624. The van der Waals surface area contributed by atoms with Gasteiger partial charge in [-0.3, -0.25) is 4.79 Å². The summed E-state index contributed by atoms with van der Waals surface area (Å²) in [7, 11) is 0. The molecule has 0 aliphatic carbocycles. The first-order chi connectivity index (χ1) is 6.68. The molecule has 1 amide bonds. The zero-order valence-corrected chi connectivity index (χ0v) is 7.99. The molecule has 1 aromatic carbocycles. The van der Waals surface area contributed by atoms with Gasteiger partial charge in [-0.15, -0.1) is 0 Å². The van der Waals surface area contributed by atoms with Crippen LogP contribution in [0.3, 0.4) is 0 Å². The standard InChI is InChI=1S/C10H12N2O2/c1-7(13)12-4-5-14-10-3-2-8(11)6-9(10)12/h2-3,6H,4-5,11H2,1H3. The van der Waals surface area contributed by atoms with Gasteiger partial charge in [-0.2, -0.15) is 0 Å². The number of rotatable bonds is 0. The molecule has 0 spiro atoms. The summed E-state index contributed by atoms with van der Waals surface area (Å²) in [5, 5.41) is 0. The van der Waals surface area contributed by atoms with Crippen LogP contribution in [0, 0.1) is 0 Å². The Kier molecular flexibility index (Phi) is 2.04. The van der Waals surface area contributed by atoms with Crippen molar-refractivity contribution in [3.63, 3.8) is 0 Å². The van der Waals surface area contributed by atoms with Gasteiger partial charge in [-0.25, -0.2) is 0 Å². The van der Waals surface area contributed by atoms with Crippen molar-refractivity contribution in [2.45, 2.75) is 6.92 Å². The SMILES string of the molecule is CC(=O)N1CCOc2ccc(N)cc21. The number of nitrogen functional groups attached to an aromatic ring is 1. The molecule has 0 aromatic heterocycles. The van der Waals surface area contributed by atoms with Crippen LogP contribution in [0.25, 0.3) is 0 Å². The maximum Gasteiger partial charge on any atom is 0.224 e. The van der Waals surface area contributed by atoms with Crippen LogP contribution in [0.2, 0.25) is 0 Å². The normalized spacial score (nSPS) is 14.5. The summed E-state index contributed by atoms with van der Waals surface area (Å²) in [5.74, 6) is 0.737. The maximum atomic E-state index is 11.3. The summed E-state index contributed by atoms with van der Waals surface area (Å²) < 4.78 is 5.41. The number of carbonyl (C=O) groups excluding carboxylic acids is 1. The highest BCUT2D eigenvalue weighted by Gasteiger charge is 2.20. The third-order valence-electron chi connectivity index (χ3n) is 2.23. The van der Waals surface area contributed by atoms with Crippen LogP contribution in [0.4, 0.5) is 11.4 Å². The fraction of sp³-hybridized carbons (Fsp3) is 0.300. The van der Waals surface area contributed by atoms with Crippen LogP contribution >= 0.6 is 0 Å². The van der Waals surface area contributed by atoms with Gasteiger partial charge in [0.2, 0.25) is 5.91 Å². The van der Waals surface area contributed by atoms with Crippen LogP contribution in [0.15, 0.2) is 18.2 Å². The van der Waals surface area contributed by atoms with Crippen molar-refractivity contribution in [3.8, 4) is 5.75 Å². The largest absolute Gasteiger partial charge is 0.490 e. The number of amides is 1. The van der Waals surface area contributed by atoms with Crippen LogP contribution in [0.1, 0.15) is 6.92 Å². The van der Waals surface area contributed by atoms with Gasteiger partial charge in [-0.05, 0) is 18.2 Å². The molecule has 0 atom stereocenters. The van der Waals surface area contributed by atoms with Gasteiger partial charge < -0.3 is 15.4 Å². The van der Waals surface area contributed by atoms with E-state index in [9.17, 15) is 4.79 Å². The third-order valence-corrected chi connectivity index (χ3v) is 2.23. The van der Waals surface area contributed by atoms with Crippen molar-refractivity contribution in [1.29, 1.82) is 0 Å². The third kappa shape index (κ3) is 1.39. The molecular formula is C10H12N2O2. The zero-order valence-electron chi connectivity index (χ0n) is 7.99. The molecule has 0 saturated heterocycles. The first-order valence-corrected chi connectivity index (χ1v) is 4.49. The van der Waals surface area contributed by atoms with Crippen molar-refractivity contribution < 1.29 is 9.53 Å². The summed E-state index contributed by atoms with van der Waals surface area (Å²) >= 11 is 0. The summed E-state index contributed by atoms with van der Waals surface area (Å²) in [6.45, 7) is 2.67. The number of fused-ring (bicyclic) bond motifs is 1. The Bertz CT molecular complexity index is 376. The molecule has 0 saturated carbocycles. The number of nitrogens with two attached hydrogens (primary N) is 1. The van der Waals surface area contributed by atoms with E-state index in [1.54, 1.807) is 23.1 Å². The van der Waals surface area contributed by atoms with E-state index < -0.39 is 0 Å². The first kappa shape index (κ1) is 8.87. The number of anilines is 2. The Morgan fingerprint density at radius 3 is 3.07 bits per heavy atom. The Hall–Kier alpha value is -1.71. The lowest BCUT2D eigenvalue weighted by Gasteiger charge is -2.28. The van der Waals surface area contributed by atoms with Crippen LogP contribution in [-0.2, 0) is 4.79 Å². The molecule has 4 nitrogen and oxygen atoms in total. The molecule has 74 valence electrons. The molecule has 1 aliphatic heterocycles. The molecule has 1 aromatic rings. The Morgan fingerprint density at radius 2 is 2.36 bits per heavy atom. The second kappa shape index (κ2) is 3.21. The fourth-order valence-corrected chi connectivity index (χ4v) is 1.56. The van der Waals surface area contributed by atoms with Gasteiger partial charge >= 0.3 is 0 Å². The summed E-state index contributed by atoms with van der Waals surface area (Å²) in [6, 6.07) is 5.32. The molecular weight excluding hydrogens is 180 g/mol. The molecule has 2 rings (SSSR count). The molecule has 0 radical (unpaired) electrons. The van der Waals surface area contributed by atoms with Gasteiger partial charge in [0.15, 0.2) is 0 Å². The lowest BCUT2D eigenvalue weighted by Crippen LogP contribution is -2.36. The minimum Gasteiger partial charge on any atom is -0.490 e. The van der Waals surface area contributed by atoms with E-state index in [1.807, 2.05) is 0 Å². The second-order valence-electron chi connectivity index (χ2n) is 3.25.